The van der Waals surface area contributed by atoms with Crippen LogP contribution in [0, 0.1) is 5.92 Å². The summed E-state index contributed by atoms with van der Waals surface area (Å²) in [7, 11) is -3.35. The van der Waals surface area contributed by atoms with Crippen molar-refractivity contribution in [2.75, 3.05) is 5.75 Å². The zero-order valence-electron chi connectivity index (χ0n) is 8.42. The van der Waals surface area contributed by atoms with Gasteiger partial charge in [-0.1, -0.05) is 29.8 Å². The summed E-state index contributed by atoms with van der Waals surface area (Å²) in [6.45, 7) is 3.30. The average molecular weight is 283 g/mol. The minimum atomic E-state index is -3.35. The molecule has 0 unspecified atom stereocenters. The molecular weight excluding hydrogens is 268 g/mol. The monoisotopic (exact) mass is 282 g/mol. The molecule has 1 atom stereocenters. The summed E-state index contributed by atoms with van der Waals surface area (Å²) in [5.41, 5.74) is 0. The fourth-order valence-corrected chi connectivity index (χ4v) is 3.81. The van der Waals surface area contributed by atoms with Crippen molar-refractivity contribution in [1.82, 2.24) is 0 Å². The Morgan fingerprint density at radius 2 is 1.93 bits per heavy atom. The molecule has 1 rings (SSSR count). The molecule has 0 aromatic rings. The Bertz CT molecular complexity index is 332. The second-order valence-electron chi connectivity index (χ2n) is 3.62. The van der Waals surface area contributed by atoms with Crippen molar-refractivity contribution in [2.45, 2.75) is 36.8 Å². The molecule has 1 aliphatic carbocycles. The number of hydrogen-bond donors (Lipinski definition) is 0. The zero-order chi connectivity index (χ0) is 11.0. The van der Waals surface area contributed by atoms with Gasteiger partial charge in [0, 0.05) is 11.7 Å². The summed E-state index contributed by atoms with van der Waals surface area (Å²) in [6.07, 6.45) is 1.98. The standard InChI is InChI=1S/C9H15BrO3S/c1-3-9(10,14(12,13)4-2)8(11)7-5-6-7/h7H,3-6H2,1-2H3/t9-/m1/s1. The van der Waals surface area contributed by atoms with Crippen molar-refractivity contribution in [3.63, 3.8) is 0 Å². The van der Waals surface area contributed by atoms with E-state index in [4.69, 9.17) is 0 Å². The molecule has 5 heteroatoms. The van der Waals surface area contributed by atoms with Crippen LogP contribution < -0.4 is 0 Å². The lowest BCUT2D eigenvalue weighted by Crippen LogP contribution is -2.42. The summed E-state index contributed by atoms with van der Waals surface area (Å²) in [5.74, 6) is -0.178. The molecule has 0 aliphatic heterocycles. The molecule has 1 fully saturated rings. The molecule has 14 heavy (non-hydrogen) atoms. The Hall–Kier alpha value is 0.1000. The molecule has 0 radical (unpaired) electrons. The first-order valence-electron chi connectivity index (χ1n) is 4.84. The number of sulfone groups is 1. The van der Waals surface area contributed by atoms with Crippen LogP contribution in [0.1, 0.15) is 33.1 Å². The SMILES string of the molecule is CC[C@](Br)(C(=O)C1CC1)S(=O)(=O)CC. The van der Waals surface area contributed by atoms with E-state index >= 15 is 0 Å². The molecule has 0 amide bonds. The summed E-state index contributed by atoms with van der Waals surface area (Å²) in [6, 6.07) is 0. The molecule has 0 bridgehead atoms. The van der Waals surface area contributed by atoms with Gasteiger partial charge >= 0.3 is 0 Å². The third-order valence-electron chi connectivity index (χ3n) is 2.64. The van der Waals surface area contributed by atoms with E-state index < -0.39 is 13.5 Å². The number of rotatable bonds is 5. The highest BCUT2D eigenvalue weighted by Gasteiger charge is 2.50. The average Bonchev–Trinajstić information content (AvgIpc) is 2.98. The van der Waals surface area contributed by atoms with Gasteiger partial charge in [-0.3, -0.25) is 4.79 Å². The van der Waals surface area contributed by atoms with E-state index in [9.17, 15) is 13.2 Å². The predicted octanol–water partition coefficient (Wildman–Crippen LogP) is 1.90. The number of carbonyl (C=O) groups is 1. The smallest absolute Gasteiger partial charge is 0.184 e. The molecule has 0 heterocycles. The molecule has 0 saturated heterocycles. The second-order valence-corrected chi connectivity index (χ2v) is 8.01. The Balaban J connectivity index is 3.01. The first-order chi connectivity index (χ1) is 6.39. The van der Waals surface area contributed by atoms with Crippen molar-refractivity contribution in [3.05, 3.63) is 0 Å². The maximum absolute atomic E-state index is 11.8. The quantitative estimate of drug-likeness (QED) is 0.724. The number of carbonyl (C=O) groups excluding carboxylic acids is 1. The molecule has 0 aromatic heterocycles. The summed E-state index contributed by atoms with van der Waals surface area (Å²) >= 11 is 3.13. The van der Waals surface area contributed by atoms with Crippen molar-refractivity contribution in [2.24, 2.45) is 5.92 Å². The number of Topliss-reactive ketones (excluding diaryl/α,β-unsaturated/α-hetero) is 1. The minimum Gasteiger partial charge on any atom is -0.297 e. The van der Waals surface area contributed by atoms with E-state index in [2.05, 4.69) is 15.9 Å². The highest BCUT2D eigenvalue weighted by molar-refractivity contribution is 9.12. The Kier molecular flexibility index (Phi) is 3.41. The Morgan fingerprint density at radius 1 is 1.43 bits per heavy atom. The third-order valence-corrected chi connectivity index (χ3v) is 7.31. The summed E-state index contributed by atoms with van der Waals surface area (Å²) in [5, 5.41) is 0. The predicted molar refractivity (Wildman–Crippen MR) is 59.1 cm³/mol. The van der Waals surface area contributed by atoms with Crippen molar-refractivity contribution in [1.29, 1.82) is 0 Å². The molecule has 1 saturated carbocycles. The van der Waals surface area contributed by atoms with Gasteiger partial charge in [0.1, 0.15) is 0 Å². The molecule has 0 N–H and O–H groups in total. The maximum atomic E-state index is 11.8. The van der Waals surface area contributed by atoms with E-state index in [-0.39, 0.29) is 17.5 Å². The number of alkyl halides is 1. The normalized spacial score (nSPS) is 21.6. The highest BCUT2D eigenvalue weighted by atomic mass is 79.9. The molecular formula is C9H15BrO3S. The summed E-state index contributed by atoms with van der Waals surface area (Å²) in [4.78, 5) is 11.8. The topological polar surface area (TPSA) is 51.2 Å². The van der Waals surface area contributed by atoms with Crippen LogP contribution in [0.4, 0.5) is 0 Å². The number of hydrogen-bond acceptors (Lipinski definition) is 3. The van der Waals surface area contributed by atoms with E-state index in [0.29, 0.717) is 6.42 Å². The molecule has 0 aromatic carbocycles. The Morgan fingerprint density at radius 3 is 2.21 bits per heavy atom. The molecule has 3 nitrogen and oxygen atoms in total. The lowest BCUT2D eigenvalue weighted by Gasteiger charge is -2.23. The van der Waals surface area contributed by atoms with Crippen LogP contribution >= 0.6 is 15.9 Å². The van der Waals surface area contributed by atoms with Gasteiger partial charge in [0.15, 0.2) is 19.3 Å². The first kappa shape index (κ1) is 12.2. The maximum Gasteiger partial charge on any atom is 0.184 e. The van der Waals surface area contributed by atoms with Crippen molar-refractivity contribution < 1.29 is 13.2 Å². The largest absolute Gasteiger partial charge is 0.297 e. The Labute approximate surface area is 93.3 Å². The third kappa shape index (κ3) is 1.89. The van der Waals surface area contributed by atoms with Crippen LogP contribution in [0.3, 0.4) is 0 Å². The van der Waals surface area contributed by atoms with E-state index in [1.54, 1.807) is 13.8 Å². The lowest BCUT2D eigenvalue weighted by atomic mass is 10.1. The van der Waals surface area contributed by atoms with Gasteiger partial charge < -0.3 is 0 Å². The van der Waals surface area contributed by atoms with Crippen LogP contribution in [0.2, 0.25) is 0 Å². The van der Waals surface area contributed by atoms with Gasteiger partial charge in [-0.05, 0) is 19.3 Å². The van der Waals surface area contributed by atoms with Crippen LogP contribution in [-0.2, 0) is 14.6 Å². The van der Waals surface area contributed by atoms with E-state index in [1.165, 1.54) is 0 Å². The van der Waals surface area contributed by atoms with Gasteiger partial charge in [-0.15, -0.1) is 0 Å². The first-order valence-corrected chi connectivity index (χ1v) is 7.29. The van der Waals surface area contributed by atoms with Gasteiger partial charge in [0.25, 0.3) is 0 Å². The van der Waals surface area contributed by atoms with Crippen LogP contribution in [0.15, 0.2) is 0 Å². The molecule has 82 valence electrons. The molecule has 1 aliphatic rings. The van der Waals surface area contributed by atoms with Gasteiger partial charge in [-0.2, -0.15) is 0 Å². The fraction of sp³-hybridized carbons (Fsp3) is 0.889. The fourth-order valence-electron chi connectivity index (χ4n) is 1.43. The van der Waals surface area contributed by atoms with Crippen LogP contribution in [-0.4, -0.2) is 23.6 Å². The van der Waals surface area contributed by atoms with Gasteiger partial charge in [-0.25, -0.2) is 8.42 Å². The highest BCUT2D eigenvalue weighted by Crippen LogP contribution is 2.41. The minimum absolute atomic E-state index is 0.00451. The van der Waals surface area contributed by atoms with Crippen LogP contribution in [0.5, 0.6) is 0 Å². The van der Waals surface area contributed by atoms with Crippen LogP contribution in [0.25, 0.3) is 0 Å². The van der Waals surface area contributed by atoms with Gasteiger partial charge in [0.2, 0.25) is 0 Å². The lowest BCUT2D eigenvalue weighted by molar-refractivity contribution is -0.120. The number of ketones is 1. The second kappa shape index (κ2) is 3.93. The van der Waals surface area contributed by atoms with Gasteiger partial charge in [0.05, 0.1) is 0 Å². The zero-order valence-corrected chi connectivity index (χ0v) is 10.8. The number of halogens is 1. The van der Waals surface area contributed by atoms with Crippen molar-refractivity contribution >= 4 is 31.6 Å². The van der Waals surface area contributed by atoms with E-state index in [1.807, 2.05) is 0 Å². The summed E-state index contributed by atoms with van der Waals surface area (Å²) < 4.78 is 22.2. The van der Waals surface area contributed by atoms with E-state index in [0.717, 1.165) is 12.8 Å². The molecule has 0 spiro atoms. The van der Waals surface area contributed by atoms with Crippen molar-refractivity contribution in [3.8, 4) is 0 Å².